The molecule has 112 valence electrons. The Balaban J connectivity index is 2.77. The summed E-state index contributed by atoms with van der Waals surface area (Å²) in [6, 6.07) is 3.55. The summed E-state index contributed by atoms with van der Waals surface area (Å²) in [6.45, 7) is 4.46. The van der Waals surface area contributed by atoms with E-state index < -0.39 is 5.97 Å². The molecule has 0 bridgehead atoms. The van der Waals surface area contributed by atoms with Crippen LogP contribution in [0.3, 0.4) is 0 Å². The smallest absolute Gasteiger partial charge is 0.337 e. The number of aromatic carboxylic acids is 1. The van der Waals surface area contributed by atoms with Crippen molar-refractivity contribution < 1.29 is 19.8 Å². The van der Waals surface area contributed by atoms with E-state index in [1.54, 1.807) is 16.8 Å². The summed E-state index contributed by atoms with van der Waals surface area (Å²) in [5.74, 6) is -0.837. The zero-order valence-electron chi connectivity index (χ0n) is 12.2. The molecule has 0 saturated heterocycles. The topological polar surface area (TPSA) is 79.5 Å². The minimum absolute atomic E-state index is 0.0164. The van der Waals surface area contributed by atoms with Gasteiger partial charge in [-0.25, -0.2) is 4.79 Å². The molecule has 2 rings (SSSR count). The number of carbonyl (C=O) groups is 2. The molecule has 0 aliphatic carbocycles. The quantitative estimate of drug-likeness (QED) is 0.801. The van der Waals surface area contributed by atoms with Gasteiger partial charge in [0.2, 0.25) is 0 Å². The molecule has 0 aliphatic heterocycles. The third kappa shape index (κ3) is 2.83. The summed E-state index contributed by atoms with van der Waals surface area (Å²) in [7, 11) is 0. The number of benzene rings is 1. The molecule has 5 nitrogen and oxygen atoms in total. The number of carbonyl (C=O) groups excluding carboxylic acids is 1. The molecule has 0 aliphatic rings. The lowest BCUT2D eigenvalue weighted by Crippen LogP contribution is -2.05. The van der Waals surface area contributed by atoms with E-state index in [0.717, 1.165) is 11.8 Å². The third-order valence-electron chi connectivity index (χ3n) is 3.61. The van der Waals surface area contributed by atoms with Gasteiger partial charge in [-0.2, -0.15) is 0 Å². The second-order valence-corrected chi connectivity index (χ2v) is 5.40. The first kappa shape index (κ1) is 15.3. The standard InChI is InChI=1S/C16H19NO4/c1-10(2)11-6-13-12(9-19)8-17(4-3-5-18)15(13)14(7-11)16(20)21/h6-10,18H,3-5H2,1-2H3,(H,20,21). The van der Waals surface area contributed by atoms with Crippen LogP contribution in [0.25, 0.3) is 10.9 Å². The van der Waals surface area contributed by atoms with E-state index in [2.05, 4.69) is 0 Å². The van der Waals surface area contributed by atoms with Crippen LogP contribution in [0.4, 0.5) is 0 Å². The van der Waals surface area contributed by atoms with E-state index in [1.165, 1.54) is 0 Å². The Hall–Kier alpha value is -2.14. The monoisotopic (exact) mass is 289 g/mol. The Labute approximate surface area is 122 Å². The molecular weight excluding hydrogens is 270 g/mol. The van der Waals surface area contributed by atoms with Gasteiger partial charge in [-0.1, -0.05) is 13.8 Å². The lowest BCUT2D eigenvalue weighted by Gasteiger charge is -2.11. The Morgan fingerprint density at radius 1 is 1.38 bits per heavy atom. The molecule has 0 fully saturated rings. The number of hydrogen-bond donors (Lipinski definition) is 2. The number of aliphatic hydroxyl groups excluding tert-OH is 1. The van der Waals surface area contributed by atoms with Crippen molar-refractivity contribution in [2.45, 2.75) is 32.7 Å². The molecule has 0 radical (unpaired) electrons. The Morgan fingerprint density at radius 2 is 2.10 bits per heavy atom. The van der Waals surface area contributed by atoms with E-state index in [0.29, 0.717) is 29.4 Å². The lowest BCUT2D eigenvalue weighted by atomic mass is 9.97. The van der Waals surface area contributed by atoms with E-state index >= 15 is 0 Å². The molecule has 2 N–H and O–H groups in total. The molecule has 0 unspecified atom stereocenters. The summed E-state index contributed by atoms with van der Waals surface area (Å²) < 4.78 is 1.74. The highest BCUT2D eigenvalue weighted by Gasteiger charge is 2.18. The lowest BCUT2D eigenvalue weighted by molar-refractivity contribution is 0.0698. The van der Waals surface area contributed by atoms with Crippen molar-refractivity contribution in [2.75, 3.05) is 6.61 Å². The van der Waals surface area contributed by atoms with Gasteiger partial charge >= 0.3 is 5.97 Å². The average molecular weight is 289 g/mol. The van der Waals surface area contributed by atoms with Crippen molar-refractivity contribution in [1.82, 2.24) is 4.57 Å². The second-order valence-electron chi connectivity index (χ2n) is 5.40. The van der Waals surface area contributed by atoms with Crippen molar-refractivity contribution in [1.29, 1.82) is 0 Å². The fourth-order valence-electron chi connectivity index (χ4n) is 2.50. The van der Waals surface area contributed by atoms with Crippen LogP contribution < -0.4 is 0 Å². The van der Waals surface area contributed by atoms with Crippen LogP contribution in [0.2, 0.25) is 0 Å². The van der Waals surface area contributed by atoms with Gasteiger partial charge in [0.15, 0.2) is 6.29 Å². The van der Waals surface area contributed by atoms with E-state index in [9.17, 15) is 14.7 Å². The summed E-state index contributed by atoms with van der Waals surface area (Å²) in [5, 5.41) is 19.1. The van der Waals surface area contributed by atoms with Crippen molar-refractivity contribution in [3.8, 4) is 0 Å². The molecule has 0 spiro atoms. The van der Waals surface area contributed by atoms with Crippen LogP contribution in [0.5, 0.6) is 0 Å². The number of fused-ring (bicyclic) bond motifs is 1. The second kappa shape index (κ2) is 6.10. The third-order valence-corrected chi connectivity index (χ3v) is 3.61. The maximum absolute atomic E-state index is 11.6. The van der Waals surface area contributed by atoms with Gasteiger partial charge in [-0.3, -0.25) is 4.79 Å². The largest absolute Gasteiger partial charge is 0.478 e. The first-order valence-electron chi connectivity index (χ1n) is 6.95. The Morgan fingerprint density at radius 3 is 2.62 bits per heavy atom. The zero-order chi connectivity index (χ0) is 15.6. The van der Waals surface area contributed by atoms with Crippen LogP contribution in [0, 0.1) is 0 Å². The highest BCUT2D eigenvalue weighted by molar-refractivity contribution is 6.08. The molecular formula is C16H19NO4. The van der Waals surface area contributed by atoms with Gasteiger partial charge in [-0.15, -0.1) is 0 Å². The predicted molar refractivity (Wildman–Crippen MR) is 80.1 cm³/mol. The normalized spacial score (nSPS) is 11.2. The number of aldehydes is 1. The van der Waals surface area contributed by atoms with Crippen LogP contribution in [0.15, 0.2) is 18.3 Å². The fraction of sp³-hybridized carbons (Fsp3) is 0.375. The van der Waals surface area contributed by atoms with Crippen LogP contribution >= 0.6 is 0 Å². The molecule has 1 aromatic heterocycles. The number of carboxylic acids is 1. The molecule has 0 amide bonds. The van der Waals surface area contributed by atoms with Crippen LogP contribution in [-0.4, -0.2) is 33.6 Å². The fourth-order valence-corrected chi connectivity index (χ4v) is 2.50. The average Bonchev–Trinajstić information content (AvgIpc) is 2.81. The van der Waals surface area contributed by atoms with Crippen LogP contribution in [0.1, 0.15) is 52.5 Å². The van der Waals surface area contributed by atoms with Gasteiger partial charge in [0.25, 0.3) is 0 Å². The minimum atomic E-state index is -1.01. The van der Waals surface area contributed by atoms with Crippen molar-refractivity contribution >= 4 is 23.2 Å². The number of hydrogen-bond acceptors (Lipinski definition) is 3. The molecule has 5 heteroatoms. The maximum Gasteiger partial charge on any atom is 0.337 e. The van der Waals surface area contributed by atoms with E-state index in [-0.39, 0.29) is 18.1 Å². The molecule has 2 aromatic rings. The molecule has 21 heavy (non-hydrogen) atoms. The van der Waals surface area contributed by atoms with Gasteiger partial charge in [0.1, 0.15) is 0 Å². The number of aliphatic hydroxyl groups is 1. The number of aryl methyl sites for hydroxylation is 1. The number of rotatable bonds is 6. The van der Waals surface area contributed by atoms with Crippen molar-refractivity contribution in [3.05, 3.63) is 35.0 Å². The predicted octanol–water partition coefficient (Wildman–Crippen LogP) is 2.66. The number of nitrogens with zero attached hydrogens (tertiary/aromatic N) is 1. The number of aromatic nitrogens is 1. The molecule has 0 saturated carbocycles. The summed E-state index contributed by atoms with van der Waals surface area (Å²) in [4.78, 5) is 22.8. The highest BCUT2D eigenvalue weighted by Crippen LogP contribution is 2.29. The molecule has 1 heterocycles. The maximum atomic E-state index is 11.6. The summed E-state index contributed by atoms with van der Waals surface area (Å²) >= 11 is 0. The van der Waals surface area contributed by atoms with Gasteiger partial charge in [0, 0.05) is 30.3 Å². The molecule has 0 atom stereocenters. The van der Waals surface area contributed by atoms with E-state index in [4.69, 9.17) is 5.11 Å². The first-order valence-corrected chi connectivity index (χ1v) is 6.95. The first-order chi connectivity index (χ1) is 9.99. The number of carboxylic acid groups (broad SMARTS) is 1. The SMILES string of the molecule is CC(C)c1cc(C(=O)O)c2c(c1)c(C=O)cn2CCCO. The van der Waals surface area contributed by atoms with Crippen molar-refractivity contribution in [2.24, 2.45) is 0 Å². The summed E-state index contributed by atoms with van der Waals surface area (Å²) in [5.41, 5.74) is 2.11. The minimum Gasteiger partial charge on any atom is -0.478 e. The Bertz CT molecular complexity index is 685. The van der Waals surface area contributed by atoms with Crippen LogP contribution in [-0.2, 0) is 6.54 Å². The van der Waals surface area contributed by atoms with E-state index in [1.807, 2.05) is 19.9 Å². The molecule has 1 aromatic carbocycles. The summed E-state index contributed by atoms with van der Waals surface area (Å²) in [6.07, 6.45) is 2.91. The zero-order valence-corrected chi connectivity index (χ0v) is 12.2. The van der Waals surface area contributed by atoms with Gasteiger partial charge < -0.3 is 14.8 Å². The van der Waals surface area contributed by atoms with Gasteiger partial charge in [-0.05, 0) is 30.0 Å². The highest BCUT2D eigenvalue weighted by atomic mass is 16.4. The van der Waals surface area contributed by atoms with Crippen molar-refractivity contribution in [3.63, 3.8) is 0 Å². The Kier molecular flexibility index (Phi) is 4.43. The van der Waals surface area contributed by atoms with Gasteiger partial charge in [0.05, 0.1) is 11.1 Å².